The number of benzene rings is 2. The zero-order valence-electron chi connectivity index (χ0n) is 14.3. The van der Waals surface area contributed by atoms with Gasteiger partial charge in [-0.25, -0.2) is 5.26 Å². The molecule has 0 amide bonds. The van der Waals surface area contributed by atoms with Crippen LogP contribution in [0.2, 0.25) is 0 Å². The number of thiazole rings is 1. The first kappa shape index (κ1) is 18.5. The lowest BCUT2D eigenvalue weighted by Gasteiger charge is -2.08. The molecule has 2 heterocycles. The first-order valence-electron chi connectivity index (χ1n) is 8.32. The second-order valence-electron chi connectivity index (χ2n) is 5.69. The summed E-state index contributed by atoms with van der Waals surface area (Å²) in [6, 6.07) is 13.1. The van der Waals surface area contributed by atoms with Gasteiger partial charge in [-0.2, -0.15) is 4.57 Å². The number of fused-ring (bicyclic) bond motifs is 4. The summed E-state index contributed by atoms with van der Waals surface area (Å²) in [5.41, 5.74) is 1.20. The van der Waals surface area contributed by atoms with Gasteiger partial charge in [-0.3, -0.25) is 0 Å². The van der Waals surface area contributed by atoms with E-state index in [1.807, 2.05) is 34.4 Å². The summed E-state index contributed by atoms with van der Waals surface area (Å²) in [6.45, 7) is 4.26. The van der Waals surface area contributed by atoms with Gasteiger partial charge in [0.1, 0.15) is 16.7 Å². The van der Waals surface area contributed by atoms with Crippen molar-refractivity contribution in [2.24, 2.45) is 0 Å². The Kier molecular flexibility index (Phi) is 5.70. The fourth-order valence-electron chi connectivity index (χ4n) is 3.10. The van der Waals surface area contributed by atoms with Crippen LogP contribution in [0.3, 0.4) is 0 Å². The highest BCUT2D eigenvalue weighted by molar-refractivity contribution is 8.01. The van der Waals surface area contributed by atoms with Crippen LogP contribution in [0.1, 0.15) is 25.6 Å². The number of hydrogen-bond donors (Lipinski definition) is 1. The topological polar surface area (TPSA) is 42.6 Å². The smallest absolute Gasteiger partial charge is 0.220 e. The molecule has 4 nitrogen and oxygen atoms in total. The van der Waals surface area contributed by atoms with Gasteiger partial charge in [0.15, 0.2) is 0 Å². The Morgan fingerprint density at radius 2 is 1.92 bits per heavy atom. The van der Waals surface area contributed by atoms with E-state index in [-0.39, 0.29) is 5.37 Å². The van der Waals surface area contributed by atoms with E-state index in [9.17, 15) is 0 Å². The third-order valence-corrected chi connectivity index (χ3v) is 8.49. The molecule has 0 spiro atoms. The van der Waals surface area contributed by atoms with Crippen molar-refractivity contribution in [3.8, 4) is 0 Å². The molecule has 26 heavy (non-hydrogen) atoms. The second kappa shape index (κ2) is 8.02. The van der Waals surface area contributed by atoms with Gasteiger partial charge in [0.2, 0.25) is 10.9 Å². The SMILES string of the molecule is CCSc1sc2cc3sc4ccccc4c3cc2[n+]1C(CC)SOOO. The highest BCUT2D eigenvalue weighted by Crippen LogP contribution is 2.40. The van der Waals surface area contributed by atoms with Gasteiger partial charge in [-0.05, 0) is 23.9 Å². The third-order valence-electron chi connectivity index (χ3n) is 4.20. The van der Waals surface area contributed by atoms with Gasteiger partial charge in [-0.1, -0.05) is 48.4 Å². The van der Waals surface area contributed by atoms with Gasteiger partial charge < -0.3 is 0 Å². The van der Waals surface area contributed by atoms with Crippen LogP contribution in [-0.4, -0.2) is 11.0 Å². The molecule has 136 valence electrons. The highest BCUT2D eigenvalue weighted by atomic mass is 32.2. The zero-order valence-corrected chi connectivity index (χ0v) is 17.6. The molecule has 0 aliphatic heterocycles. The van der Waals surface area contributed by atoms with Gasteiger partial charge in [0, 0.05) is 38.4 Å². The van der Waals surface area contributed by atoms with Crippen LogP contribution in [0.25, 0.3) is 30.4 Å². The van der Waals surface area contributed by atoms with Crippen LogP contribution in [0.15, 0.2) is 40.7 Å². The summed E-state index contributed by atoms with van der Waals surface area (Å²) >= 11 is 6.61. The van der Waals surface area contributed by atoms with Crippen LogP contribution >= 0.6 is 46.5 Å². The van der Waals surface area contributed by atoms with Crippen molar-refractivity contribution in [3.05, 3.63) is 36.4 Å². The predicted molar refractivity (Wildman–Crippen MR) is 113 cm³/mol. The molecule has 2 aromatic heterocycles. The van der Waals surface area contributed by atoms with Crippen molar-refractivity contribution < 1.29 is 19.2 Å². The van der Waals surface area contributed by atoms with Gasteiger partial charge in [0.05, 0.1) is 0 Å². The van der Waals surface area contributed by atoms with E-state index in [4.69, 9.17) is 9.59 Å². The average molecular weight is 425 g/mol. The van der Waals surface area contributed by atoms with E-state index in [1.54, 1.807) is 0 Å². The molecular formula is C18H18NO3S4+. The fraction of sp³-hybridized carbons (Fsp3) is 0.278. The molecule has 1 unspecified atom stereocenters. The summed E-state index contributed by atoms with van der Waals surface area (Å²) in [4.78, 5) is 0. The molecule has 0 fully saturated rings. The van der Waals surface area contributed by atoms with Crippen molar-refractivity contribution in [2.75, 3.05) is 5.75 Å². The van der Waals surface area contributed by atoms with E-state index in [0.29, 0.717) is 0 Å². The van der Waals surface area contributed by atoms with Crippen LogP contribution in [0.5, 0.6) is 0 Å². The van der Waals surface area contributed by atoms with Gasteiger partial charge >= 0.3 is 0 Å². The van der Waals surface area contributed by atoms with Crippen LogP contribution in [0, 0.1) is 0 Å². The number of rotatable bonds is 7. The lowest BCUT2D eigenvalue weighted by atomic mass is 10.1. The van der Waals surface area contributed by atoms with Crippen molar-refractivity contribution in [1.82, 2.24) is 0 Å². The van der Waals surface area contributed by atoms with Crippen LogP contribution < -0.4 is 4.57 Å². The van der Waals surface area contributed by atoms with E-state index < -0.39 is 0 Å². The minimum atomic E-state index is 0.0206. The maximum Gasteiger partial charge on any atom is 0.299 e. The molecule has 0 bridgehead atoms. The summed E-state index contributed by atoms with van der Waals surface area (Å²) in [6.07, 6.45) is 0.851. The molecular weight excluding hydrogens is 406 g/mol. The minimum Gasteiger partial charge on any atom is -0.220 e. The quantitative estimate of drug-likeness (QED) is 0.118. The normalized spacial score (nSPS) is 13.2. The summed E-state index contributed by atoms with van der Waals surface area (Å²) in [7, 11) is 0. The number of hydrogen-bond acceptors (Lipinski definition) is 7. The Morgan fingerprint density at radius 3 is 2.69 bits per heavy atom. The van der Waals surface area contributed by atoms with Crippen LogP contribution in [-0.2, 0) is 9.37 Å². The summed E-state index contributed by atoms with van der Waals surface area (Å²) in [5, 5.41) is 15.0. The average Bonchev–Trinajstić information content (AvgIpc) is 3.18. The first-order chi connectivity index (χ1) is 12.8. The number of aromatic nitrogens is 1. The first-order valence-corrected chi connectivity index (χ1v) is 11.7. The Bertz CT molecular complexity index is 1060. The molecule has 8 heteroatoms. The lowest BCUT2D eigenvalue weighted by molar-refractivity contribution is -0.706. The van der Waals surface area contributed by atoms with Gasteiger partial charge in [-0.15, -0.1) is 15.7 Å². The molecule has 0 saturated carbocycles. The van der Waals surface area contributed by atoms with E-state index in [2.05, 4.69) is 59.9 Å². The van der Waals surface area contributed by atoms with Crippen molar-refractivity contribution >= 4 is 76.9 Å². The molecule has 0 aliphatic carbocycles. The summed E-state index contributed by atoms with van der Waals surface area (Å²) in [5.74, 6) is 1.00. The highest BCUT2D eigenvalue weighted by Gasteiger charge is 2.30. The Morgan fingerprint density at radius 1 is 1.08 bits per heavy atom. The van der Waals surface area contributed by atoms with Crippen molar-refractivity contribution in [3.63, 3.8) is 0 Å². The largest absolute Gasteiger partial charge is 0.299 e. The number of thioether (sulfide) groups is 1. The molecule has 4 rings (SSSR count). The molecule has 2 aromatic carbocycles. The van der Waals surface area contributed by atoms with Crippen LogP contribution in [0.4, 0.5) is 0 Å². The maximum atomic E-state index is 8.57. The molecule has 0 saturated heterocycles. The molecule has 1 N–H and O–H groups in total. The second-order valence-corrected chi connectivity index (χ2v) is 10.2. The minimum absolute atomic E-state index is 0.0206. The van der Waals surface area contributed by atoms with Crippen molar-refractivity contribution in [1.29, 1.82) is 0 Å². The number of thiophene rings is 1. The molecule has 0 radical (unpaired) electrons. The predicted octanol–water partition coefficient (Wildman–Crippen LogP) is 6.65. The van der Waals surface area contributed by atoms with E-state index in [1.165, 1.54) is 34.7 Å². The lowest BCUT2D eigenvalue weighted by Crippen LogP contribution is -2.38. The summed E-state index contributed by atoms with van der Waals surface area (Å²) < 4.78 is 12.2. The van der Waals surface area contributed by atoms with Crippen molar-refractivity contribution in [2.45, 2.75) is 30.0 Å². The number of nitrogens with zero attached hydrogens (tertiary/aromatic N) is 1. The molecule has 0 aliphatic rings. The standard InChI is InChI=1S/C18H17NO3S4/c1-3-17(26-22-21-20)19-13-9-12-11-7-5-6-8-14(11)24-15(12)10-16(13)25-18(19)23-4-2/h5-10,17H,3-4H2,1-2H3/p+1. The van der Waals surface area contributed by atoms with E-state index in [0.717, 1.165) is 24.2 Å². The third kappa shape index (κ3) is 3.24. The fourth-order valence-corrected chi connectivity index (χ4v) is 7.43. The van der Waals surface area contributed by atoms with E-state index >= 15 is 0 Å². The Balaban J connectivity index is 1.96. The Hall–Kier alpha value is -0.870. The zero-order chi connectivity index (χ0) is 18.1. The van der Waals surface area contributed by atoms with Gasteiger partial charge in [0.25, 0.3) is 4.34 Å². The molecule has 1 atom stereocenters. The molecule has 4 aromatic rings. The monoisotopic (exact) mass is 424 g/mol. The maximum absolute atomic E-state index is 8.57. The Labute approximate surface area is 167 Å².